The van der Waals surface area contributed by atoms with Crippen LogP contribution in [0, 0.1) is 17.2 Å². The molecule has 2 fully saturated rings. The van der Waals surface area contributed by atoms with E-state index in [0.29, 0.717) is 12.1 Å². The minimum Gasteiger partial charge on any atom is -0.377 e. The van der Waals surface area contributed by atoms with E-state index in [0.717, 1.165) is 26.0 Å². The van der Waals surface area contributed by atoms with Crippen molar-refractivity contribution in [3.05, 3.63) is 0 Å². The van der Waals surface area contributed by atoms with E-state index in [1.165, 1.54) is 38.5 Å². The summed E-state index contributed by atoms with van der Waals surface area (Å²) in [5.41, 5.74) is 0. The van der Waals surface area contributed by atoms with Gasteiger partial charge in [-0.05, 0) is 25.7 Å². The molecule has 1 N–H and O–H groups in total. The number of nitrogens with one attached hydrogen (secondary N) is 1. The van der Waals surface area contributed by atoms with Crippen molar-refractivity contribution < 1.29 is 4.74 Å². The molecule has 17 heavy (non-hydrogen) atoms. The van der Waals surface area contributed by atoms with Gasteiger partial charge in [-0.25, -0.2) is 0 Å². The Labute approximate surface area is 105 Å². The van der Waals surface area contributed by atoms with E-state index in [1.54, 1.807) is 0 Å². The summed E-state index contributed by atoms with van der Waals surface area (Å²) >= 11 is 0. The maximum absolute atomic E-state index is 8.98. The third-order valence-corrected chi connectivity index (χ3v) is 4.10. The highest BCUT2D eigenvalue weighted by atomic mass is 16.5. The molecule has 3 nitrogen and oxygen atoms in total. The van der Waals surface area contributed by atoms with Gasteiger partial charge in [-0.1, -0.05) is 25.7 Å². The molecule has 0 aromatic heterocycles. The van der Waals surface area contributed by atoms with Crippen molar-refractivity contribution in [1.82, 2.24) is 5.32 Å². The molecule has 0 heterocycles. The van der Waals surface area contributed by atoms with Gasteiger partial charge in [-0.15, -0.1) is 0 Å². The van der Waals surface area contributed by atoms with Gasteiger partial charge >= 0.3 is 0 Å². The van der Waals surface area contributed by atoms with E-state index in [-0.39, 0.29) is 5.92 Å². The van der Waals surface area contributed by atoms with Crippen LogP contribution in [0.15, 0.2) is 0 Å². The number of nitriles is 1. The fourth-order valence-corrected chi connectivity index (χ4v) is 3.06. The van der Waals surface area contributed by atoms with Crippen LogP contribution in [0.4, 0.5) is 0 Å². The molecular formula is C14H24N2O. The summed E-state index contributed by atoms with van der Waals surface area (Å²) in [5.74, 6) is 0.227. The van der Waals surface area contributed by atoms with Gasteiger partial charge in [0.25, 0.3) is 0 Å². The minimum absolute atomic E-state index is 0.227. The Kier molecular flexibility index (Phi) is 5.28. The number of nitrogens with zero attached hydrogens (tertiary/aromatic N) is 1. The van der Waals surface area contributed by atoms with Gasteiger partial charge in [0.15, 0.2) is 0 Å². The van der Waals surface area contributed by atoms with Crippen LogP contribution < -0.4 is 5.32 Å². The van der Waals surface area contributed by atoms with Crippen molar-refractivity contribution in [2.75, 3.05) is 13.2 Å². The van der Waals surface area contributed by atoms with Crippen LogP contribution in [0.1, 0.15) is 51.4 Å². The fraction of sp³-hybridized carbons (Fsp3) is 0.929. The van der Waals surface area contributed by atoms with Crippen LogP contribution in [-0.4, -0.2) is 25.3 Å². The lowest BCUT2D eigenvalue weighted by molar-refractivity contribution is 0.0292. The Hall–Kier alpha value is -0.590. The molecule has 3 heteroatoms. The topological polar surface area (TPSA) is 45.0 Å². The summed E-state index contributed by atoms with van der Waals surface area (Å²) in [7, 11) is 0. The second kappa shape index (κ2) is 6.98. The summed E-state index contributed by atoms with van der Waals surface area (Å²) in [6.45, 7) is 1.71. The SMILES string of the molecule is N#CC1CCCC1NCCOC1CCCCC1. The Morgan fingerprint density at radius 1 is 1.06 bits per heavy atom. The van der Waals surface area contributed by atoms with E-state index in [4.69, 9.17) is 10.00 Å². The molecule has 0 aromatic carbocycles. The predicted molar refractivity (Wildman–Crippen MR) is 67.6 cm³/mol. The smallest absolute Gasteiger partial charge is 0.0672 e. The largest absolute Gasteiger partial charge is 0.377 e. The van der Waals surface area contributed by atoms with Crippen molar-refractivity contribution in [3.8, 4) is 6.07 Å². The molecule has 2 rings (SSSR count). The first-order valence-corrected chi connectivity index (χ1v) is 7.15. The normalized spacial score (nSPS) is 30.3. The first-order valence-electron chi connectivity index (χ1n) is 7.15. The highest BCUT2D eigenvalue weighted by Crippen LogP contribution is 2.24. The molecule has 0 aliphatic heterocycles. The summed E-state index contributed by atoms with van der Waals surface area (Å²) in [6, 6.07) is 2.81. The van der Waals surface area contributed by atoms with Crippen LogP contribution in [0.2, 0.25) is 0 Å². The molecule has 0 spiro atoms. The lowest BCUT2D eigenvalue weighted by Gasteiger charge is -2.23. The van der Waals surface area contributed by atoms with Crippen molar-refractivity contribution in [3.63, 3.8) is 0 Å². The average Bonchev–Trinajstić information content (AvgIpc) is 2.83. The summed E-state index contributed by atoms with van der Waals surface area (Å²) in [6.07, 6.45) is 10.4. The molecule has 0 radical (unpaired) electrons. The molecule has 96 valence electrons. The zero-order chi connectivity index (χ0) is 11.9. The quantitative estimate of drug-likeness (QED) is 0.746. The zero-order valence-electron chi connectivity index (χ0n) is 10.7. The lowest BCUT2D eigenvalue weighted by Crippen LogP contribution is -2.35. The van der Waals surface area contributed by atoms with Gasteiger partial charge in [-0.2, -0.15) is 5.26 Å². The van der Waals surface area contributed by atoms with E-state index >= 15 is 0 Å². The van der Waals surface area contributed by atoms with Gasteiger partial charge < -0.3 is 10.1 Å². The molecule has 2 saturated carbocycles. The Bertz CT molecular complexity index is 255. The van der Waals surface area contributed by atoms with E-state index in [1.807, 2.05) is 0 Å². The van der Waals surface area contributed by atoms with Crippen LogP contribution in [0.25, 0.3) is 0 Å². The molecule has 0 aromatic rings. The zero-order valence-corrected chi connectivity index (χ0v) is 10.7. The van der Waals surface area contributed by atoms with E-state index in [9.17, 15) is 0 Å². The second-order valence-electron chi connectivity index (χ2n) is 5.36. The van der Waals surface area contributed by atoms with Crippen LogP contribution in [-0.2, 0) is 4.74 Å². The maximum atomic E-state index is 8.98. The molecule has 2 aliphatic carbocycles. The summed E-state index contributed by atoms with van der Waals surface area (Å²) in [4.78, 5) is 0. The van der Waals surface area contributed by atoms with Crippen molar-refractivity contribution in [1.29, 1.82) is 5.26 Å². The molecule has 0 amide bonds. The van der Waals surface area contributed by atoms with Crippen LogP contribution >= 0.6 is 0 Å². The third-order valence-electron chi connectivity index (χ3n) is 4.10. The molecular weight excluding hydrogens is 212 g/mol. The van der Waals surface area contributed by atoms with Crippen molar-refractivity contribution >= 4 is 0 Å². The minimum atomic E-state index is 0.227. The number of hydrogen-bond acceptors (Lipinski definition) is 3. The standard InChI is InChI=1S/C14H24N2O/c15-11-12-5-4-8-14(12)16-9-10-17-13-6-2-1-3-7-13/h12-14,16H,1-10H2. The first-order chi connectivity index (χ1) is 8.40. The monoisotopic (exact) mass is 236 g/mol. The highest BCUT2D eigenvalue weighted by molar-refractivity contribution is 4.96. The second-order valence-corrected chi connectivity index (χ2v) is 5.36. The Morgan fingerprint density at radius 2 is 1.88 bits per heavy atom. The average molecular weight is 236 g/mol. The molecule has 0 bridgehead atoms. The predicted octanol–water partition coefficient (Wildman–Crippen LogP) is 2.62. The number of ether oxygens (including phenoxy) is 1. The molecule has 2 atom stereocenters. The maximum Gasteiger partial charge on any atom is 0.0672 e. The molecule has 2 aliphatic rings. The third kappa shape index (κ3) is 3.97. The van der Waals surface area contributed by atoms with Crippen molar-refractivity contribution in [2.24, 2.45) is 5.92 Å². The molecule has 0 saturated heterocycles. The molecule has 2 unspecified atom stereocenters. The van der Waals surface area contributed by atoms with E-state index < -0.39 is 0 Å². The van der Waals surface area contributed by atoms with Crippen LogP contribution in [0.3, 0.4) is 0 Å². The van der Waals surface area contributed by atoms with E-state index in [2.05, 4.69) is 11.4 Å². The number of rotatable bonds is 5. The highest BCUT2D eigenvalue weighted by Gasteiger charge is 2.26. The van der Waals surface area contributed by atoms with Gasteiger partial charge in [0.05, 0.1) is 24.7 Å². The van der Waals surface area contributed by atoms with Gasteiger partial charge in [0.1, 0.15) is 0 Å². The van der Waals surface area contributed by atoms with Gasteiger partial charge in [0.2, 0.25) is 0 Å². The Morgan fingerprint density at radius 3 is 2.65 bits per heavy atom. The summed E-state index contributed by atoms with van der Waals surface area (Å²) in [5, 5.41) is 12.5. The first kappa shape index (κ1) is 12.9. The van der Waals surface area contributed by atoms with Crippen LogP contribution in [0.5, 0.6) is 0 Å². The summed E-state index contributed by atoms with van der Waals surface area (Å²) < 4.78 is 5.87. The van der Waals surface area contributed by atoms with Crippen molar-refractivity contribution in [2.45, 2.75) is 63.5 Å². The number of hydrogen-bond donors (Lipinski definition) is 1. The van der Waals surface area contributed by atoms with Gasteiger partial charge in [0, 0.05) is 12.6 Å². The lowest BCUT2D eigenvalue weighted by atomic mass is 9.98. The fourth-order valence-electron chi connectivity index (χ4n) is 3.06. The van der Waals surface area contributed by atoms with Gasteiger partial charge in [-0.3, -0.25) is 0 Å². The Balaban J connectivity index is 1.55.